The van der Waals surface area contributed by atoms with Crippen LogP contribution in [0.25, 0.3) is 0 Å². The summed E-state index contributed by atoms with van der Waals surface area (Å²) in [6.45, 7) is 4.60. The summed E-state index contributed by atoms with van der Waals surface area (Å²) in [7, 11) is 0. The van der Waals surface area contributed by atoms with Gasteiger partial charge in [0.25, 0.3) is 0 Å². The third kappa shape index (κ3) is 3.33. The Hall–Kier alpha value is -0.870. The van der Waals surface area contributed by atoms with Crippen LogP contribution in [0.1, 0.15) is 12.5 Å². The fourth-order valence-electron chi connectivity index (χ4n) is 2.15. The van der Waals surface area contributed by atoms with Crippen molar-refractivity contribution in [2.75, 3.05) is 26.3 Å². The number of hydrogen-bond acceptors (Lipinski definition) is 2. The molecule has 1 aromatic rings. The van der Waals surface area contributed by atoms with E-state index in [1.54, 1.807) is 0 Å². The van der Waals surface area contributed by atoms with Gasteiger partial charge in [0.05, 0.1) is 13.2 Å². The van der Waals surface area contributed by atoms with Crippen molar-refractivity contribution >= 4 is 21.8 Å². The van der Waals surface area contributed by atoms with Crippen LogP contribution < -0.4 is 0 Å². The second-order valence-corrected chi connectivity index (χ2v) is 6.51. The second kappa shape index (κ2) is 5.85. The lowest BCUT2D eigenvalue weighted by atomic mass is 9.99. The van der Waals surface area contributed by atoms with Gasteiger partial charge in [-0.15, -0.1) is 0 Å². The highest BCUT2D eigenvalue weighted by molar-refractivity contribution is 9.10. The number of benzene rings is 1. The number of rotatable bonds is 3. The first kappa shape index (κ1) is 13.6. The average Bonchev–Trinajstić information content (AvgIpc) is 2.39. The van der Waals surface area contributed by atoms with Crippen molar-refractivity contribution in [3.63, 3.8) is 0 Å². The van der Waals surface area contributed by atoms with Crippen molar-refractivity contribution < 1.29 is 9.53 Å². The zero-order valence-electron chi connectivity index (χ0n) is 10.6. The summed E-state index contributed by atoms with van der Waals surface area (Å²) in [5.41, 5.74) is 1.17. The van der Waals surface area contributed by atoms with Crippen LogP contribution in [0, 0.1) is 0 Å². The molecule has 1 unspecified atom stereocenters. The van der Waals surface area contributed by atoms with E-state index in [-0.39, 0.29) is 5.91 Å². The van der Waals surface area contributed by atoms with Gasteiger partial charge in [-0.25, -0.2) is 0 Å². The number of nitrogens with zero attached hydrogens (tertiary/aromatic N) is 1. The monoisotopic (exact) mass is 311 g/mol. The Bertz CT molecular complexity index is 400. The number of alkyl halides is 1. The Morgan fingerprint density at radius 1 is 1.33 bits per heavy atom. The highest BCUT2D eigenvalue weighted by Gasteiger charge is 2.34. The van der Waals surface area contributed by atoms with Crippen LogP contribution in [0.3, 0.4) is 0 Å². The highest BCUT2D eigenvalue weighted by atomic mass is 79.9. The average molecular weight is 312 g/mol. The van der Waals surface area contributed by atoms with E-state index in [4.69, 9.17) is 4.74 Å². The number of ether oxygens (including phenoxy) is 1. The predicted molar refractivity (Wildman–Crippen MR) is 74.9 cm³/mol. The van der Waals surface area contributed by atoms with E-state index >= 15 is 0 Å². The molecule has 0 saturated carbocycles. The molecule has 18 heavy (non-hydrogen) atoms. The molecule has 2 rings (SSSR count). The summed E-state index contributed by atoms with van der Waals surface area (Å²) in [4.78, 5) is 14.3. The van der Waals surface area contributed by atoms with Gasteiger partial charge in [0.15, 0.2) is 0 Å². The summed E-state index contributed by atoms with van der Waals surface area (Å²) in [5.74, 6) is 0.148. The Labute approximate surface area is 116 Å². The van der Waals surface area contributed by atoms with Gasteiger partial charge in [-0.2, -0.15) is 0 Å². The highest BCUT2D eigenvalue weighted by Crippen LogP contribution is 2.26. The number of morpholine rings is 1. The maximum Gasteiger partial charge on any atom is 0.239 e. The molecular formula is C14H18BrNO2. The molecular weight excluding hydrogens is 294 g/mol. The zero-order chi connectivity index (χ0) is 13.0. The van der Waals surface area contributed by atoms with E-state index in [1.165, 1.54) is 5.56 Å². The van der Waals surface area contributed by atoms with E-state index in [1.807, 2.05) is 42.2 Å². The standard InChI is InChI=1S/C14H18BrNO2/c1-14(15,11-12-5-3-2-4-6-12)13(17)16-7-9-18-10-8-16/h2-6H,7-11H2,1H3. The third-order valence-electron chi connectivity index (χ3n) is 3.12. The number of carbonyl (C=O) groups excluding carboxylic acids is 1. The molecule has 4 heteroatoms. The van der Waals surface area contributed by atoms with E-state index in [2.05, 4.69) is 15.9 Å². The fraction of sp³-hybridized carbons (Fsp3) is 0.500. The maximum absolute atomic E-state index is 12.4. The van der Waals surface area contributed by atoms with Gasteiger partial charge in [0, 0.05) is 13.1 Å². The minimum Gasteiger partial charge on any atom is -0.378 e. The summed E-state index contributed by atoms with van der Waals surface area (Å²) < 4.78 is 4.74. The van der Waals surface area contributed by atoms with Crippen LogP contribution >= 0.6 is 15.9 Å². The van der Waals surface area contributed by atoms with E-state index in [9.17, 15) is 4.79 Å². The van der Waals surface area contributed by atoms with Crippen molar-refractivity contribution in [3.05, 3.63) is 35.9 Å². The van der Waals surface area contributed by atoms with Crippen molar-refractivity contribution in [2.24, 2.45) is 0 Å². The minimum atomic E-state index is -0.536. The summed E-state index contributed by atoms with van der Waals surface area (Å²) in [5, 5.41) is 0. The number of hydrogen-bond donors (Lipinski definition) is 0. The molecule has 1 fully saturated rings. The zero-order valence-corrected chi connectivity index (χ0v) is 12.1. The molecule has 0 aliphatic carbocycles. The third-order valence-corrected chi connectivity index (χ3v) is 3.74. The van der Waals surface area contributed by atoms with Crippen LogP contribution in [0.4, 0.5) is 0 Å². The Balaban J connectivity index is 2.03. The lowest BCUT2D eigenvalue weighted by Gasteiger charge is -2.33. The minimum absolute atomic E-state index is 0.148. The fourth-order valence-corrected chi connectivity index (χ4v) is 2.73. The number of amides is 1. The number of carbonyl (C=O) groups is 1. The van der Waals surface area contributed by atoms with Crippen molar-refractivity contribution in [2.45, 2.75) is 17.7 Å². The predicted octanol–water partition coefficient (Wildman–Crippen LogP) is 2.24. The molecule has 0 bridgehead atoms. The molecule has 3 nitrogen and oxygen atoms in total. The van der Waals surface area contributed by atoms with Gasteiger partial charge < -0.3 is 9.64 Å². The Kier molecular flexibility index (Phi) is 4.40. The van der Waals surface area contributed by atoms with Gasteiger partial charge in [-0.1, -0.05) is 46.3 Å². The largest absolute Gasteiger partial charge is 0.378 e. The molecule has 1 aliphatic heterocycles. The Morgan fingerprint density at radius 3 is 2.56 bits per heavy atom. The van der Waals surface area contributed by atoms with Crippen LogP contribution in [0.2, 0.25) is 0 Å². The normalized spacial score (nSPS) is 19.3. The molecule has 1 saturated heterocycles. The summed E-state index contributed by atoms with van der Waals surface area (Å²) in [6.07, 6.45) is 0.698. The molecule has 98 valence electrons. The second-order valence-electron chi connectivity index (χ2n) is 4.76. The van der Waals surface area contributed by atoms with Crippen molar-refractivity contribution in [1.29, 1.82) is 0 Å². The van der Waals surface area contributed by atoms with Crippen LogP contribution in [-0.2, 0) is 16.0 Å². The summed E-state index contributed by atoms with van der Waals surface area (Å²) >= 11 is 3.59. The smallest absolute Gasteiger partial charge is 0.239 e. The first-order chi connectivity index (χ1) is 8.59. The van der Waals surface area contributed by atoms with Crippen molar-refractivity contribution in [1.82, 2.24) is 4.90 Å². The quantitative estimate of drug-likeness (QED) is 0.801. The lowest BCUT2D eigenvalue weighted by molar-refractivity contribution is -0.137. The van der Waals surface area contributed by atoms with Gasteiger partial charge >= 0.3 is 0 Å². The molecule has 1 aromatic carbocycles. The van der Waals surface area contributed by atoms with Crippen LogP contribution in [0.15, 0.2) is 30.3 Å². The van der Waals surface area contributed by atoms with Crippen molar-refractivity contribution in [3.8, 4) is 0 Å². The van der Waals surface area contributed by atoms with E-state index in [0.717, 1.165) is 0 Å². The topological polar surface area (TPSA) is 29.5 Å². The molecule has 0 spiro atoms. The van der Waals surface area contributed by atoms with Crippen LogP contribution in [0.5, 0.6) is 0 Å². The maximum atomic E-state index is 12.4. The lowest BCUT2D eigenvalue weighted by Crippen LogP contribution is -2.49. The molecule has 1 atom stereocenters. The SMILES string of the molecule is CC(Br)(Cc1ccccc1)C(=O)N1CCOCC1. The molecule has 1 heterocycles. The van der Waals surface area contributed by atoms with E-state index in [0.29, 0.717) is 32.7 Å². The first-order valence-electron chi connectivity index (χ1n) is 6.19. The van der Waals surface area contributed by atoms with Crippen LogP contribution in [-0.4, -0.2) is 41.4 Å². The van der Waals surface area contributed by atoms with Gasteiger partial charge in [0.1, 0.15) is 4.32 Å². The Morgan fingerprint density at radius 2 is 1.94 bits per heavy atom. The molecule has 0 N–H and O–H groups in total. The van der Waals surface area contributed by atoms with Gasteiger partial charge in [0.2, 0.25) is 5.91 Å². The van der Waals surface area contributed by atoms with Gasteiger partial charge in [-0.05, 0) is 18.9 Å². The number of halogens is 1. The van der Waals surface area contributed by atoms with E-state index < -0.39 is 4.32 Å². The molecule has 0 radical (unpaired) electrons. The first-order valence-corrected chi connectivity index (χ1v) is 6.99. The summed E-state index contributed by atoms with van der Waals surface area (Å²) in [6, 6.07) is 10.1. The molecule has 1 amide bonds. The molecule has 0 aromatic heterocycles. The van der Waals surface area contributed by atoms with Gasteiger partial charge in [-0.3, -0.25) is 4.79 Å². The molecule has 1 aliphatic rings.